The highest BCUT2D eigenvalue weighted by molar-refractivity contribution is 7.99. The minimum atomic E-state index is -0.188. The second kappa shape index (κ2) is 7.02. The van der Waals surface area contributed by atoms with Gasteiger partial charge in [0.2, 0.25) is 0 Å². The molecule has 1 aromatic rings. The lowest BCUT2D eigenvalue weighted by Gasteiger charge is -2.21. The van der Waals surface area contributed by atoms with Gasteiger partial charge in [-0.15, -0.1) is 11.8 Å². The van der Waals surface area contributed by atoms with Crippen molar-refractivity contribution in [3.05, 3.63) is 30.1 Å². The van der Waals surface area contributed by atoms with Crippen LogP contribution < -0.4 is 5.73 Å². The summed E-state index contributed by atoms with van der Waals surface area (Å²) >= 11 is 1.70. The lowest BCUT2D eigenvalue weighted by Crippen LogP contribution is -2.31. The molecule has 0 saturated carbocycles. The second-order valence-corrected chi connectivity index (χ2v) is 6.13. The molecule has 0 heterocycles. The lowest BCUT2D eigenvalue weighted by molar-refractivity contribution is 0.391. The second-order valence-electron chi connectivity index (χ2n) is 5.04. The summed E-state index contributed by atoms with van der Waals surface area (Å²) in [7, 11) is 0. The molecule has 0 aliphatic rings. The monoisotopic (exact) mass is 255 g/mol. The minimum Gasteiger partial charge on any atom is -0.327 e. The van der Waals surface area contributed by atoms with E-state index >= 15 is 0 Å². The van der Waals surface area contributed by atoms with Crippen molar-refractivity contribution < 1.29 is 4.39 Å². The predicted octanol–water partition coefficient (Wildman–Crippen LogP) is 3.93. The van der Waals surface area contributed by atoms with E-state index in [-0.39, 0.29) is 11.9 Å². The molecule has 0 aliphatic heterocycles. The Bertz CT molecular complexity index is 323. The van der Waals surface area contributed by atoms with E-state index in [0.29, 0.717) is 11.8 Å². The van der Waals surface area contributed by atoms with E-state index in [0.717, 1.165) is 17.1 Å². The normalized spacial score (nSPS) is 14.9. The maximum absolute atomic E-state index is 12.7. The quantitative estimate of drug-likeness (QED) is 0.779. The Labute approximate surface area is 108 Å². The average molecular weight is 255 g/mol. The fourth-order valence-corrected chi connectivity index (χ4v) is 2.85. The SMILES string of the molecule is CC(C)CC(C)C(N)CSc1ccc(F)cc1. The molecule has 2 N–H and O–H groups in total. The molecule has 0 spiro atoms. The first kappa shape index (κ1) is 14.5. The van der Waals surface area contributed by atoms with Crippen molar-refractivity contribution >= 4 is 11.8 Å². The van der Waals surface area contributed by atoms with E-state index in [1.165, 1.54) is 12.1 Å². The van der Waals surface area contributed by atoms with Crippen LogP contribution in [-0.2, 0) is 0 Å². The van der Waals surface area contributed by atoms with Crippen LogP contribution in [0.4, 0.5) is 4.39 Å². The van der Waals surface area contributed by atoms with Crippen LogP contribution in [0.5, 0.6) is 0 Å². The first-order valence-electron chi connectivity index (χ1n) is 6.13. The summed E-state index contributed by atoms with van der Waals surface area (Å²) in [6.45, 7) is 6.64. The summed E-state index contributed by atoms with van der Waals surface area (Å²) in [5.74, 6) is 1.92. The number of thioether (sulfide) groups is 1. The first-order valence-corrected chi connectivity index (χ1v) is 7.11. The lowest BCUT2D eigenvalue weighted by atomic mass is 9.94. The Balaban J connectivity index is 2.37. The van der Waals surface area contributed by atoms with Crippen molar-refractivity contribution in [3.63, 3.8) is 0 Å². The molecule has 0 saturated heterocycles. The molecule has 0 amide bonds. The fraction of sp³-hybridized carbons (Fsp3) is 0.571. The van der Waals surface area contributed by atoms with Gasteiger partial charge in [-0.05, 0) is 42.5 Å². The highest BCUT2D eigenvalue weighted by Gasteiger charge is 2.14. The Morgan fingerprint density at radius 3 is 2.29 bits per heavy atom. The Kier molecular flexibility index (Phi) is 6.00. The van der Waals surface area contributed by atoms with E-state index < -0.39 is 0 Å². The molecule has 1 rings (SSSR count). The van der Waals surface area contributed by atoms with Crippen molar-refractivity contribution in [1.82, 2.24) is 0 Å². The first-order chi connectivity index (χ1) is 7.99. The van der Waals surface area contributed by atoms with Gasteiger partial charge in [-0.3, -0.25) is 0 Å². The van der Waals surface area contributed by atoms with E-state index in [1.807, 2.05) is 0 Å². The van der Waals surface area contributed by atoms with E-state index in [1.54, 1.807) is 23.9 Å². The van der Waals surface area contributed by atoms with Crippen molar-refractivity contribution in [1.29, 1.82) is 0 Å². The zero-order chi connectivity index (χ0) is 12.8. The maximum Gasteiger partial charge on any atom is 0.123 e. The Hall–Kier alpha value is -0.540. The van der Waals surface area contributed by atoms with Crippen LogP contribution in [0.15, 0.2) is 29.2 Å². The number of rotatable bonds is 6. The van der Waals surface area contributed by atoms with Gasteiger partial charge in [-0.25, -0.2) is 4.39 Å². The fourth-order valence-electron chi connectivity index (χ4n) is 1.81. The van der Waals surface area contributed by atoms with Gasteiger partial charge in [0.05, 0.1) is 0 Å². The van der Waals surface area contributed by atoms with Crippen molar-refractivity contribution in [3.8, 4) is 0 Å². The molecule has 96 valence electrons. The summed E-state index contributed by atoms with van der Waals surface area (Å²) < 4.78 is 12.7. The molecular weight excluding hydrogens is 233 g/mol. The summed E-state index contributed by atoms with van der Waals surface area (Å²) in [6, 6.07) is 6.80. The van der Waals surface area contributed by atoms with Gasteiger partial charge in [0.15, 0.2) is 0 Å². The van der Waals surface area contributed by atoms with Crippen molar-refractivity contribution in [2.45, 2.75) is 38.1 Å². The van der Waals surface area contributed by atoms with Gasteiger partial charge in [-0.1, -0.05) is 20.8 Å². The molecule has 0 bridgehead atoms. The zero-order valence-electron chi connectivity index (χ0n) is 10.8. The summed E-state index contributed by atoms with van der Waals surface area (Å²) in [4.78, 5) is 1.08. The van der Waals surface area contributed by atoms with Gasteiger partial charge < -0.3 is 5.73 Å². The molecule has 2 unspecified atom stereocenters. The number of hydrogen-bond acceptors (Lipinski definition) is 2. The topological polar surface area (TPSA) is 26.0 Å². The molecule has 3 heteroatoms. The van der Waals surface area contributed by atoms with Crippen molar-refractivity contribution in [2.75, 3.05) is 5.75 Å². The smallest absolute Gasteiger partial charge is 0.123 e. The third kappa shape index (κ3) is 5.55. The van der Waals surface area contributed by atoms with Gasteiger partial charge in [0, 0.05) is 16.7 Å². The van der Waals surface area contributed by atoms with Crippen molar-refractivity contribution in [2.24, 2.45) is 17.6 Å². The molecule has 2 atom stereocenters. The van der Waals surface area contributed by atoms with Crippen LogP contribution in [0.25, 0.3) is 0 Å². The van der Waals surface area contributed by atoms with Gasteiger partial charge in [0.1, 0.15) is 5.82 Å². The van der Waals surface area contributed by atoms with Crippen LogP contribution in [0, 0.1) is 17.7 Å². The van der Waals surface area contributed by atoms with Crippen LogP contribution in [0.1, 0.15) is 27.2 Å². The molecule has 0 fully saturated rings. The Morgan fingerprint density at radius 2 is 1.76 bits per heavy atom. The number of nitrogens with two attached hydrogens (primary N) is 1. The standard InChI is InChI=1S/C14H22FNS/c1-10(2)8-11(3)14(16)9-17-13-6-4-12(15)5-7-13/h4-7,10-11,14H,8-9,16H2,1-3H3. The van der Waals surface area contributed by atoms with Gasteiger partial charge in [0.25, 0.3) is 0 Å². The van der Waals surface area contributed by atoms with Crippen LogP contribution in [-0.4, -0.2) is 11.8 Å². The third-order valence-electron chi connectivity index (χ3n) is 2.83. The Morgan fingerprint density at radius 1 is 1.18 bits per heavy atom. The molecule has 1 nitrogen and oxygen atoms in total. The average Bonchev–Trinajstić information content (AvgIpc) is 2.27. The molecule has 0 aromatic heterocycles. The van der Waals surface area contributed by atoms with Crippen LogP contribution in [0.2, 0.25) is 0 Å². The number of benzene rings is 1. The third-order valence-corrected chi connectivity index (χ3v) is 3.99. The highest BCUT2D eigenvalue weighted by atomic mass is 32.2. The summed E-state index contributed by atoms with van der Waals surface area (Å²) in [5.41, 5.74) is 6.15. The summed E-state index contributed by atoms with van der Waals surface area (Å²) in [5, 5.41) is 0. The molecule has 0 radical (unpaired) electrons. The zero-order valence-corrected chi connectivity index (χ0v) is 11.6. The van der Waals surface area contributed by atoms with Crippen LogP contribution in [0.3, 0.4) is 0 Å². The van der Waals surface area contributed by atoms with E-state index in [9.17, 15) is 4.39 Å². The van der Waals surface area contributed by atoms with Crippen LogP contribution >= 0.6 is 11.8 Å². The largest absolute Gasteiger partial charge is 0.327 e. The minimum absolute atomic E-state index is 0.188. The molecular formula is C14H22FNS. The van der Waals surface area contributed by atoms with E-state index in [2.05, 4.69) is 20.8 Å². The number of hydrogen-bond donors (Lipinski definition) is 1. The van der Waals surface area contributed by atoms with Gasteiger partial charge >= 0.3 is 0 Å². The summed E-state index contributed by atoms with van der Waals surface area (Å²) in [6.07, 6.45) is 1.16. The number of halogens is 1. The molecule has 17 heavy (non-hydrogen) atoms. The maximum atomic E-state index is 12.7. The molecule has 1 aromatic carbocycles. The predicted molar refractivity (Wildman–Crippen MR) is 73.7 cm³/mol. The van der Waals surface area contributed by atoms with Gasteiger partial charge in [-0.2, -0.15) is 0 Å². The highest BCUT2D eigenvalue weighted by Crippen LogP contribution is 2.22. The molecule has 0 aliphatic carbocycles. The van der Waals surface area contributed by atoms with E-state index in [4.69, 9.17) is 5.73 Å².